The summed E-state index contributed by atoms with van der Waals surface area (Å²) in [4.78, 5) is 10.4. The number of nitrogens with zero attached hydrogens (tertiary/aromatic N) is 1. The summed E-state index contributed by atoms with van der Waals surface area (Å²) < 4.78 is 2.01. The number of rotatable bonds is 5. The van der Waals surface area contributed by atoms with E-state index in [2.05, 4.69) is 0 Å². The molecule has 72 valence electrons. The van der Waals surface area contributed by atoms with Crippen molar-refractivity contribution in [1.82, 2.24) is 4.57 Å². The molecule has 3 N–H and O–H groups in total. The summed E-state index contributed by atoms with van der Waals surface area (Å²) in [7, 11) is 0. The number of aliphatic carboxylic acids is 1. The van der Waals surface area contributed by atoms with E-state index in [4.69, 9.17) is 10.8 Å². The summed E-state index contributed by atoms with van der Waals surface area (Å²) in [5.74, 6) is -0.924. The highest BCUT2D eigenvalue weighted by Gasteiger charge is 2.09. The summed E-state index contributed by atoms with van der Waals surface area (Å²) in [6.45, 7) is 0.827. The second-order valence-electron chi connectivity index (χ2n) is 3.01. The number of aryl methyl sites for hydroxylation is 1. The van der Waals surface area contributed by atoms with Crippen molar-refractivity contribution < 1.29 is 9.90 Å². The second-order valence-corrected chi connectivity index (χ2v) is 3.01. The molecular weight excluding hydrogens is 168 g/mol. The molecule has 0 aliphatic carbocycles. The fourth-order valence-electron chi connectivity index (χ4n) is 1.14. The van der Waals surface area contributed by atoms with Gasteiger partial charge in [0.2, 0.25) is 0 Å². The molecule has 0 saturated heterocycles. The van der Waals surface area contributed by atoms with Crippen molar-refractivity contribution in [2.45, 2.75) is 25.4 Å². The van der Waals surface area contributed by atoms with Crippen LogP contribution in [-0.2, 0) is 11.3 Å². The SMILES string of the molecule is NC(CCCn1cccc1)C(=O)O. The van der Waals surface area contributed by atoms with Crippen LogP contribution in [-0.4, -0.2) is 21.7 Å². The Balaban J connectivity index is 2.18. The lowest BCUT2D eigenvalue weighted by Crippen LogP contribution is -2.30. The van der Waals surface area contributed by atoms with E-state index in [9.17, 15) is 4.79 Å². The summed E-state index contributed by atoms with van der Waals surface area (Å²) in [5, 5.41) is 8.51. The Hall–Kier alpha value is -1.29. The van der Waals surface area contributed by atoms with Gasteiger partial charge in [-0.25, -0.2) is 0 Å². The van der Waals surface area contributed by atoms with Crippen molar-refractivity contribution in [2.75, 3.05) is 0 Å². The van der Waals surface area contributed by atoms with Gasteiger partial charge in [-0.3, -0.25) is 4.79 Å². The Morgan fingerprint density at radius 1 is 1.46 bits per heavy atom. The molecule has 1 aromatic rings. The molecule has 0 aliphatic heterocycles. The molecule has 1 rings (SSSR count). The van der Waals surface area contributed by atoms with Gasteiger partial charge in [-0.15, -0.1) is 0 Å². The Labute approximate surface area is 77.0 Å². The fraction of sp³-hybridized carbons (Fsp3) is 0.444. The molecule has 1 heterocycles. The average Bonchev–Trinajstić information content (AvgIpc) is 2.56. The molecule has 0 radical (unpaired) electrons. The van der Waals surface area contributed by atoms with E-state index in [0.29, 0.717) is 6.42 Å². The molecule has 0 aliphatic rings. The Morgan fingerprint density at radius 2 is 2.08 bits per heavy atom. The van der Waals surface area contributed by atoms with Gasteiger partial charge in [-0.05, 0) is 25.0 Å². The molecule has 1 atom stereocenters. The van der Waals surface area contributed by atoms with Crippen LogP contribution in [0.1, 0.15) is 12.8 Å². The van der Waals surface area contributed by atoms with Crippen molar-refractivity contribution in [3.05, 3.63) is 24.5 Å². The molecule has 0 spiro atoms. The van der Waals surface area contributed by atoms with Gasteiger partial charge in [0.15, 0.2) is 0 Å². The van der Waals surface area contributed by atoms with Gasteiger partial charge >= 0.3 is 5.97 Å². The van der Waals surface area contributed by atoms with E-state index < -0.39 is 12.0 Å². The summed E-state index contributed by atoms with van der Waals surface area (Å²) >= 11 is 0. The quantitative estimate of drug-likeness (QED) is 0.703. The molecule has 0 fully saturated rings. The van der Waals surface area contributed by atoms with Gasteiger partial charge in [-0.1, -0.05) is 0 Å². The van der Waals surface area contributed by atoms with E-state index in [1.807, 2.05) is 29.1 Å². The lowest BCUT2D eigenvalue weighted by atomic mass is 10.2. The Kier molecular flexibility index (Phi) is 3.52. The molecule has 0 bridgehead atoms. The standard InChI is InChI=1S/C9H14N2O2/c10-8(9(12)13)4-3-7-11-5-1-2-6-11/h1-2,5-6,8H,3-4,7,10H2,(H,12,13). The second kappa shape index (κ2) is 4.67. The predicted octanol–water partition coefficient (Wildman–Crippen LogP) is 0.680. The average molecular weight is 182 g/mol. The maximum absolute atomic E-state index is 10.4. The van der Waals surface area contributed by atoms with E-state index in [1.165, 1.54) is 0 Å². The third-order valence-electron chi connectivity index (χ3n) is 1.91. The van der Waals surface area contributed by atoms with Gasteiger partial charge in [0.1, 0.15) is 6.04 Å². The van der Waals surface area contributed by atoms with E-state index in [0.717, 1.165) is 13.0 Å². The van der Waals surface area contributed by atoms with Crippen LogP contribution in [0.5, 0.6) is 0 Å². The third-order valence-corrected chi connectivity index (χ3v) is 1.91. The lowest BCUT2D eigenvalue weighted by Gasteiger charge is -2.06. The van der Waals surface area contributed by atoms with Gasteiger partial charge in [-0.2, -0.15) is 0 Å². The largest absolute Gasteiger partial charge is 0.480 e. The zero-order chi connectivity index (χ0) is 9.68. The van der Waals surface area contributed by atoms with Crippen LogP contribution < -0.4 is 5.73 Å². The number of aromatic nitrogens is 1. The summed E-state index contributed by atoms with van der Waals surface area (Å²) in [6, 6.07) is 3.16. The first-order chi connectivity index (χ1) is 6.20. The van der Waals surface area contributed by atoms with Gasteiger partial charge < -0.3 is 15.4 Å². The number of carbonyl (C=O) groups is 1. The van der Waals surface area contributed by atoms with Gasteiger partial charge in [0.25, 0.3) is 0 Å². The monoisotopic (exact) mass is 182 g/mol. The van der Waals surface area contributed by atoms with E-state index >= 15 is 0 Å². The van der Waals surface area contributed by atoms with Crippen molar-refractivity contribution in [3.63, 3.8) is 0 Å². The topological polar surface area (TPSA) is 68.2 Å². The highest BCUT2D eigenvalue weighted by Crippen LogP contribution is 1.99. The van der Waals surface area contributed by atoms with Crippen LogP contribution in [0.4, 0.5) is 0 Å². The van der Waals surface area contributed by atoms with Crippen LogP contribution in [0.3, 0.4) is 0 Å². The van der Waals surface area contributed by atoms with Crippen molar-refractivity contribution in [2.24, 2.45) is 5.73 Å². The maximum atomic E-state index is 10.4. The number of hydrogen-bond acceptors (Lipinski definition) is 2. The molecular formula is C9H14N2O2. The first kappa shape index (κ1) is 9.80. The van der Waals surface area contributed by atoms with Crippen LogP contribution in [0.15, 0.2) is 24.5 Å². The fourth-order valence-corrected chi connectivity index (χ4v) is 1.14. The number of hydrogen-bond donors (Lipinski definition) is 2. The molecule has 1 aromatic heterocycles. The number of nitrogens with two attached hydrogens (primary N) is 1. The molecule has 1 unspecified atom stereocenters. The zero-order valence-electron chi connectivity index (χ0n) is 7.39. The zero-order valence-corrected chi connectivity index (χ0v) is 7.39. The molecule has 4 heteroatoms. The first-order valence-corrected chi connectivity index (χ1v) is 4.29. The number of carboxylic acid groups (broad SMARTS) is 1. The molecule has 4 nitrogen and oxygen atoms in total. The Morgan fingerprint density at radius 3 is 2.62 bits per heavy atom. The minimum Gasteiger partial charge on any atom is -0.480 e. The van der Waals surface area contributed by atoms with Gasteiger partial charge in [0.05, 0.1) is 0 Å². The van der Waals surface area contributed by atoms with Crippen LogP contribution in [0.2, 0.25) is 0 Å². The number of carboxylic acids is 1. The first-order valence-electron chi connectivity index (χ1n) is 4.29. The minimum atomic E-state index is -0.924. The normalized spacial score (nSPS) is 12.7. The summed E-state index contributed by atoms with van der Waals surface area (Å²) in [5.41, 5.74) is 5.35. The predicted molar refractivity (Wildman–Crippen MR) is 49.3 cm³/mol. The molecule has 0 aromatic carbocycles. The van der Waals surface area contributed by atoms with Crippen LogP contribution in [0, 0.1) is 0 Å². The van der Waals surface area contributed by atoms with E-state index in [-0.39, 0.29) is 0 Å². The molecule has 13 heavy (non-hydrogen) atoms. The third kappa shape index (κ3) is 3.29. The van der Waals surface area contributed by atoms with Crippen LogP contribution >= 0.6 is 0 Å². The summed E-state index contributed by atoms with van der Waals surface area (Å²) in [6.07, 6.45) is 5.22. The highest BCUT2D eigenvalue weighted by atomic mass is 16.4. The smallest absolute Gasteiger partial charge is 0.320 e. The molecule has 0 saturated carbocycles. The van der Waals surface area contributed by atoms with Crippen molar-refractivity contribution in [1.29, 1.82) is 0 Å². The van der Waals surface area contributed by atoms with E-state index in [1.54, 1.807) is 0 Å². The molecule has 0 amide bonds. The lowest BCUT2D eigenvalue weighted by molar-refractivity contribution is -0.138. The van der Waals surface area contributed by atoms with Crippen LogP contribution in [0.25, 0.3) is 0 Å². The minimum absolute atomic E-state index is 0.521. The van der Waals surface area contributed by atoms with Gasteiger partial charge in [0, 0.05) is 18.9 Å². The maximum Gasteiger partial charge on any atom is 0.320 e. The van der Waals surface area contributed by atoms with Crippen molar-refractivity contribution in [3.8, 4) is 0 Å². The van der Waals surface area contributed by atoms with Crippen molar-refractivity contribution >= 4 is 5.97 Å². The highest BCUT2D eigenvalue weighted by molar-refractivity contribution is 5.72. The Bertz CT molecular complexity index is 257.